The van der Waals surface area contributed by atoms with E-state index in [0.29, 0.717) is 5.70 Å². The summed E-state index contributed by atoms with van der Waals surface area (Å²) >= 11 is 0. The number of benzene rings is 2. The van der Waals surface area contributed by atoms with Crippen molar-refractivity contribution in [3.63, 3.8) is 0 Å². The first-order valence-electron chi connectivity index (χ1n) is 9.75. The Kier molecular flexibility index (Phi) is 7.16. The molecule has 28 heavy (non-hydrogen) atoms. The van der Waals surface area contributed by atoms with E-state index in [1.54, 1.807) is 0 Å². The lowest BCUT2D eigenvalue weighted by atomic mass is 9.88. The van der Waals surface area contributed by atoms with Crippen LogP contribution in [0.2, 0.25) is 0 Å². The van der Waals surface area contributed by atoms with Crippen molar-refractivity contribution in [1.29, 1.82) is 0 Å². The van der Waals surface area contributed by atoms with Gasteiger partial charge in [-0.2, -0.15) is 0 Å². The van der Waals surface area contributed by atoms with Crippen molar-refractivity contribution < 1.29 is 9.59 Å². The van der Waals surface area contributed by atoms with Crippen molar-refractivity contribution in [2.24, 2.45) is 0 Å². The van der Waals surface area contributed by atoms with Crippen LogP contribution in [0.5, 0.6) is 0 Å². The van der Waals surface area contributed by atoms with Crippen LogP contribution in [-0.2, 0) is 28.0 Å². The van der Waals surface area contributed by atoms with E-state index in [-0.39, 0.29) is 11.8 Å². The van der Waals surface area contributed by atoms with E-state index in [2.05, 4.69) is 48.7 Å². The highest BCUT2D eigenvalue weighted by Gasteiger charge is 2.26. The molecule has 0 fully saturated rings. The molecule has 0 spiro atoms. The van der Waals surface area contributed by atoms with Gasteiger partial charge in [0.25, 0.3) is 0 Å². The lowest BCUT2D eigenvalue weighted by Crippen LogP contribution is -2.41. The number of amides is 2. The van der Waals surface area contributed by atoms with Gasteiger partial charge in [-0.1, -0.05) is 62.4 Å². The van der Waals surface area contributed by atoms with Crippen LogP contribution in [0.3, 0.4) is 0 Å². The molecule has 148 valence electrons. The van der Waals surface area contributed by atoms with Crippen LogP contribution in [0.1, 0.15) is 56.9 Å². The average Bonchev–Trinajstić information content (AvgIpc) is 2.66. The molecule has 0 unspecified atom stereocenters. The molecule has 0 bridgehead atoms. The summed E-state index contributed by atoms with van der Waals surface area (Å²) in [7, 11) is 0. The van der Waals surface area contributed by atoms with E-state index in [1.807, 2.05) is 37.3 Å². The topological polar surface area (TPSA) is 58.2 Å². The van der Waals surface area contributed by atoms with Crippen molar-refractivity contribution in [3.05, 3.63) is 76.9 Å². The SMILES string of the molecule is CCc1ccc(/C(=C/[C@@](C)(NC(C)=O)c2ccc(CC)cc2)NC(C)=O)cc1. The number of aryl methyl sites for hydroxylation is 2. The Bertz CT molecular complexity index is 851. The third kappa shape index (κ3) is 5.56. The lowest BCUT2D eigenvalue weighted by Gasteiger charge is -2.29. The zero-order valence-corrected chi connectivity index (χ0v) is 17.4. The number of nitrogens with one attached hydrogen (secondary N) is 2. The second-order valence-corrected chi connectivity index (χ2v) is 7.22. The summed E-state index contributed by atoms with van der Waals surface area (Å²) in [5.74, 6) is -0.292. The molecule has 0 aromatic heterocycles. The number of rotatable bonds is 7. The van der Waals surface area contributed by atoms with Crippen LogP contribution in [-0.4, -0.2) is 11.8 Å². The third-order valence-electron chi connectivity index (χ3n) is 4.81. The van der Waals surface area contributed by atoms with Crippen molar-refractivity contribution in [2.45, 2.75) is 53.0 Å². The zero-order chi connectivity index (χ0) is 20.7. The van der Waals surface area contributed by atoms with Crippen LogP contribution < -0.4 is 10.6 Å². The molecule has 4 nitrogen and oxygen atoms in total. The van der Waals surface area contributed by atoms with Crippen molar-refractivity contribution >= 4 is 17.5 Å². The van der Waals surface area contributed by atoms with E-state index >= 15 is 0 Å². The maximum absolute atomic E-state index is 12.0. The smallest absolute Gasteiger partial charge is 0.221 e. The summed E-state index contributed by atoms with van der Waals surface area (Å²) in [5, 5.41) is 5.97. The van der Waals surface area contributed by atoms with Crippen molar-refractivity contribution in [3.8, 4) is 0 Å². The maximum Gasteiger partial charge on any atom is 0.221 e. The van der Waals surface area contributed by atoms with Crippen LogP contribution in [0.25, 0.3) is 5.70 Å². The quantitative estimate of drug-likeness (QED) is 0.753. The zero-order valence-electron chi connectivity index (χ0n) is 17.4. The highest BCUT2D eigenvalue weighted by Crippen LogP contribution is 2.27. The molecule has 0 saturated carbocycles. The molecule has 2 N–H and O–H groups in total. The highest BCUT2D eigenvalue weighted by molar-refractivity contribution is 5.86. The van der Waals surface area contributed by atoms with E-state index in [4.69, 9.17) is 0 Å². The Hall–Kier alpha value is -2.88. The second-order valence-electron chi connectivity index (χ2n) is 7.22. The van der Waals surface area contributed by atoms with Gasteiger partial charge in [0.15, 0.2) is 0 Å². The van der Waals surface area contributed by atoms with Gasteiger partial charge in [-0.3, -0.25) is 9.59 Å². The van der Waals surface area contributed by atoms with Crippen LogP contribution in [0, 0.1) is 0 Å². The summed E-state index contributed by atoms with van der Waals surface area (Å²) in [6.07, 6.45) is 3.82. The Morgan fingerprint density at radius 3 is 1.79 bits per heavy atom. The molecule has 1 atom stereocenters. The second kappa shape index (κ2) is 9.36. The normalized spacial score (nSPS) is 13.5. The Labute approximate surface area is 168 Å². The number of carbonyl (C=O) groups excluding carboxylic acids is 2. The maximum atomic E-state index is 12.0. The minimum absolute atomic E-state index is 0.137. The van der Waals surface area contributed by atoms with E-state index in [9.17, 15) is 9.59 Å². The fourth-order valence-electron chi connectivity index (χ4n) is 3.23. The van der Waals surface area contributed by atoms with Gasteiger partial charge in [0, 0.05) is 19.5 Å². The van der Waals surface area contributed by atoms with E-state index < -0.39 is 5.54 Å². The van der Waals surface area contributed by atoms with Gasteiger partial charge in [0.2, 0.25) is 11.8 Å². The molecule has 0 radical (unpaired) electrons. The van der Waals surface area contributed by atoms with Crippen molar-refractivity contribution in [2.75, 3.05) is 0 Å². The Morgan fingerprint density at radius 1 is 0.857 bits per heavy atom. The van der Waals surface area contributed by atoms with Crippen LogP contribution in [0.15, 0.2) is 54.6 Å². The van der Waals surface area contributed by atoms with Crippen LogP contribution >= 0.6 is 0 Å². The minimum atomic E-state index is -0.765. The molecule has 2 amide bonds. The molecule has 0 heterocycles. The van der Waals surface area contributed by atoms with Crippen LogP contribution in [0.4, 0.5) is 0 Å². The molecule has 4 heteroatoms. The van der Waals surface area contributed by atoms with Gasteiger partial charge < -0.3 is 10.6 Å². The fraction of sp³-hybridized carbons (Fsp3) is 0.333. The van der Waals surface area contributed by atoms with Gasteiger partial charge in [-0.25, -0.2) is 0 Å². The minimum Gasteiger partial charge on any atom is -0.344 e. The molecule has 0 aliphatic rings. The van der Waals surface area contributed by atoms with E-state index in [0.717, 1.165) is 24.0 Å². The summed E-state index contributed by atoms with van der Waals surface area (Å²) in [4.78, 5) is 23.8. The van der Waals surface area contributed by atoms with Gasteiger partial charge in [0.05, 0.1) is 5.54 Å². The lowest BCUT2D eigenvalue weighted by molar-refractivity contribution is -0.120. The standard InChI is InChI=1S/C24H30N2O2/c1-6-19-8-12-21(13-9-19)23(25-17(3)27)16-24(5,26-18(4)28)22-14-10-20(7-2)11-15-22/h8-16H,6-7H2,1-5H3,(H,25,27)(H,26,28)/b23-16-/t24-/m1/s1. The van der Waals surface area contributed by atoms with Crippen molar-refractivity contribution in [1.82, 2.24) is 10.6 Å². The largest absolute Gasteiger partial charge is 0.344 e. The predicted octanol–water partition coefficient (Wildman–Crippen LogP) is 4.34. The molecule has 2 aromatic carbocycles. The average molecular weight is 379 g/mol. The predicted molar refractivity (Wildman–Crippen MR) is 115 cm³/mol. The first-order chi connectivity index (χ1) is 13.3. The Morgan fingerprint density at radius 2 is 1.36 bits per heavy atom. The number of hydrogen-bond donors (Lipinski definition) is 2. The highest BCUT2D eigenvalue weighted by atomic mass is 16.2. The first kappa shape index (κ1) is 21.4. The molecule has 2 rings (SSSR count). The molecular weight excluding hydrogens is 348 g/mol. The van der Waals surface area contributed by atoms with Gasteiger partial charge in [0.1, 0.15) is 0 Å². The molecule has 0 aliphatic carbocycles. The third-order valence-corrected chi connectivity index (χ3v) is 4.81. The molecule has 0 saturated heterocycles. The fourth-order valence-corrected chi connectivity index (χ4v) is 3.23. The monoisotopic (exact) mass is 378 g/mol. The number of hydrogen-bond acceptors (Lipinski definition) is 2. The summed E-state index contributed by atoms with van der Waals surface area (Å²) in [6, 6.07) is 16.3. The Balaban J connectivity index is 2.56. The van der Waals surface area contributed by atoms with Gasteiger partial charge >= 0.3 is 0 Å². The number of carbonyl (C=O) groups is 2. The van der Waals surface area contributed by atoms with E-state index in [1.165, 1.54) is 25.0 Å². The van der Waals surface area contributed by atoms with Gasteiger partial charge in [-0.15, -0.1) is 0 Å². The summed E-state index contributed by atoms with van der Waals surface area (Å²) < 4.78 is 0. The summed E-state index contributed by atoms with van der Waals surface area (Å²) in [6.45, 7) is 9.14. The molecular formula is C24H30N2O2. The molecule has 2 aromatic rings. The first-order valence-corrected chi connectivity index (χ1v) is 9.75. The summed E-state index contributed by atoms with van der Waals surface area (Å²) in [5.41, 5.74) is 4.22. The molecule has 0 aliphatic heterocycles. The van der Waals surface area contributed by atoms with Gasteiger partial charge in [-0.05, 0) is 48.1 Å².